The minimum absolute atomic E-state index is 0.238. The van der Waals surface area contributed by atoms with Gasteiger partial charge in [-0.3, -0.25) is 0 Å². The van der Waals surface area contributed by atoms with Gasteiger partial charge < -0.3 is 8.83 Å². The van der Waals surface area contributed by atoms with Crippen molar-refractivity contribution in [3.63, 3.8) is 0 Å². The summed E-state index contributed by atoms with van der Waals surface area (Å²) < 4.78 is 46.7. The quantitative estimate of drug-likeness (QED) is 0.711. The van der Waals surface area contributed by atoms with Crippen molar-refractivity contribution >= 4 is 23.1 Å². The van der Waals surface area contributed by atoms with Gasteiger partial charge >= 0.3 is 12.1 Å². The van der Waals surface area contributed by atoms with E-state index in [0.29, 0.717) is 11.3 Å². The summed E-state index contributed by atoms with van der Waals surface area (Å²) in [5.74, 6) is -1.13. The molecule has 102 valence electrons. The number of aromatic nitrogens is 2. The Kier molecular flexibility index (Phi) is 2.81. The van der Waals surface area contributed by atoms with Crippen molar-refractivity contribution in [2.24, 2.45) is 0 Å². The molecule has 0 aliphatic carbocycles. The third-order valence-corrected chi connectivity index (χ3v) is 2.52. The Labute approximate surface area is 110 Å². The van der Waals surface area contributed by atoms with Crippen molar-refractivity contribution in [2.45, 2.75) is 6.18 Å². The van der Waals surface area contributed by atoms with Crippen LogP contribution in [0.1, 0.15) is 17.5 Å². The molecule has 0 radical (unpaired) electrons. The molecule has 0 saturated carbocycles. The molecule has 3 aromatic rings. The topological polar surface area (TPSA) is 52.1 Å². The van der Waals surface area contributed by atoms with Crippen LogP contribution in [0, 0.1) is 0 Å². The van der Waals surface area contributed by atoms with Crippen LogP contribution in [-0.2, 0) is 6.18 Å². The minimum atomic E-state index is -4.64. The normalized spacial score (nSPS) is 12.6. The number of hydrogen-bond donors (Lipinski definition) is 0. The zero-order valence-electron chi connectivity index (χ0n) is 9.89. The summed E-state index contributed by atoms with van der Waals surface area (Å²) in [6.07, 6.45) is -1.91. The van der Waals surface area contributed by atoms with Gasteiger partial charge in [-0.25, -0.2) is 0 Å². The number of rotatable bonds is 2. The molecule has 0 fully saturated rings. The molecule has 0 saturated heterocycles. The second-order valence-corrected chi connectivity index (χ2v) is 3.96. The molecule has 7 heteroatoms. The molecule has 1 aromatic carbocycles. The zero-order valence-corrected chi connectivity index (χ0v) is 9.89. The van der Waals surface area contributed by atoms with Crippen LogP contribution in [0.15, 0.2) is 39.2 Å². The number of nitrogens with zero attached hydrogens (tertiary/aromatic N) is 2. The summed E-state index contributed by atoms with van der Waals surface area (Å²) in [6.45, 7) is 0. The zero-order chi connectivity index (χ0) is 14.2. The summed E-state index contributed by atoms with van der Waals surface area (Å²) in [7, 11) is 0. The van der Waals surface area contributed by atoms with Crippen molar-refractivity contribution in [3.8, 4) is 0 Å². The molecule has 20 heavy (non-hydrogen) atoms. The van der Waals surface area contributed by atoms with Gasteiger partial charge in [-0.1, -0.05) is 18.2 Å². The van der Waals surface area contributed by atoms with Crippen LogP contribution in [0.4, 0.5) is 13.2 Å². The lowest BCUT2D eigenvalue weighted by molar-refractivity contribution is -0.157. The number of furan rings is 1. The van der Waals surface area contributed by atoms with E-state index in [4.69, 9.17) is 4.42 Å². The summed E-state index contributed by atoms with van der Waals surface area (Å²) in [6, 6.07) is 9.10. The molecule has 0 aliphatic heterocycles. The van der Waals surface area contributed by atoms with E-state index < -0.39 is 12.1 Å². The molecule has 3 rings (SSSR count). The van der Waals surface area contributed by atoms with Crippen molar-refractivity contribution < 1.29 is 22.0 Å². The van der Waals surface area contributed by atoms with Gasteiger partial charge in [0.15, 0.2) is 0 Å². The molecule has 0 unspecified atom stereocenters. The highest BCUT2D eigenvalue weighted by Gasteiger charge is 2.37. The Bertz CT molecular complexity index is 738. The standard InChI is InChI=1S/C13H7F3N2O2/c14-13(15,16)12-18-17-11(20-12)6-5-9-7-8-3-1-2-4-10(8)19-9/h1-7H/b6-5+. The van der Waals surface area contributed by atoms with Crippen LogP contribution in [0.2, 0.25) is 0 Å². The molecule has 0 aliphatic rings. The lowest BCUT2D eigenvalue weighted by atomic mass is 10.2. The van der Waals surface area contributed by atoms with Gasteiger partial charge in [-0.05, 0) is 18.2 Å². The molecular formula is C13H7F3N2O2. The predicted octanol–water partition coefficient (Wildman–Crippen LogP) is 4.01. The number of fused-ring (bicyclic) bond motifs is 1. The third-order valence-electron chi connectivity index (χ3n) is 2.52. The van der Waals surface area contributed by atoms with Gasteiger partial charge in [0, 0.05) is 11.5 Å². The minimum Gasteiger partial charge on any atom is -0.457 e. The van der Waals surface area contributed by atoms with Crippen LogP contribution in [0.3, 0.4) is 0 Å². The number of alkyl halides is 3. The fourth-order valence-corrected chi connectivity index (χ4v) is 1.65. The van der Waals surface area contributed by atoms with Crippen LogP contribution >= 0.6 is 0 Å². The van der Waals surface area contributed by atoms with Gasteiger partial charge in [-0.2, -0.15) is 13.2 Å². The monoisotopic (exact) mass is 280 g/mol. The number of benzene rings is 1. The van der Waals surface area contributed by atoms with E-state index >= 15 is 0 Å². The number of hydrogen-bond acceptors (Lipinski definition) is 4. The highest BCUT2D eigenvalue weighted by Crippen LogP contribution is 2.28. The van der Waals surface area contributed by atoms with E-state index in [2.05, 4.69) is 14.6 Å². The summed E-state index contributed by atoms with van der Waals surface area (Å²) in [4.78, 5) is 0. The third kappa shape index (κ3) is 2.42. The summed E-state index contributed by atoms with van der Waals surface area (Å²) in [5.41, 5.74) is 0.689. The molecule has 2 aromatic heterocycles. The molecule has 0 N–H and O–H groups in total. The van der Waals surface area contributed by atoms with E-state index in [0.717, 1.165) is 5.39 Å². The first kappa shape index (κ1) is 12.5. The molecule has 0 atom stereocenters. The maximum Gasteiger partial charge on any atom is 0.470 e. The van der Waals surface area contributed by atoms with E-state index in [1.807, 2.05) is 18.2 Å². The number of para-hydroxylation sites is 1. The second-order valence-electron chi connectivity index (χ2n) is 3.96. The van der Waals surface area contributed by atoms with Gasteiger partial charge in [0.25, 0.3) is 0 Å². The fourth-order valence-electron chi connectivity index (χ4n) is 1.65. The average Bonchev–Trinajstić information content (AvgIpc) is 3.02. The Morgan fingerprint density at radius 2 is 1.80 bits per heavy atom. The predicted molar refractivity (Wildman–Crippen MR) is 64.4 cm³/mol. The molecule has 2 heterocycles. The van der Waals surface area contributed by atoms with Crippen molar-refractivity contribution in [1.29, 1.82) is 0 Å². The SMILES string of the molecule is FC(F)(F)c1nnc(/C=C/c2cc3ccccc3o2)o1. The highest BCUT2D eigenvalue weighted by atomic mass is 19.4. The lowest BCUT2D eigenvalue weighted by Crippen LogP contribution is -2.04. The molecule has 4 nitrogen and oxygen atoms in total. The largest absolute Gasteiger partial charge is 0.470 e. The smallest absolute Gasteiger partial charge is 0.457 e. The first-order valence-corrected chi connectivity index (χ1v) is 5.60. The lowest BCUT2D eigenvalue weighted by Gasteiger charge is -1.96. The van der Waals surface area contributed by atoms with Gasteiger partial charge in [-0.15, -0.1) is 10.2 Å². The molecule has 0 bridgehead atoms. The van der Waals surface area contributed by atoms with E-state index in [9.17, 15) is 13.2 Å². The first-order valence-electron chi connectivity index (χ1n) is 5.60. The Morgan fingerprint density at radius 1 is 1.00 bits per heavy atom. The Morgan fingerprint density at radius 3 is 2.50 bits per heavy atom. The average molecular weight is 280 g/mol. The highest BCUT2D eigenvalue weighted by molar-refractivity contribution is 5.81. The van der Waals surface area contributed by atoms with Gasteiger partial charge in [0.05, 0.1) is 0 Å². The molecule has 0 amide bonds. The molecule has 0 spiro atoms. The maximum absolute atomic E-state index is 12.3. The van der Waals surface area contributed by atoms with Crippen LogP contribution in [0.5, 0.6) is 0 Å². The van der Waals surface area contributed by atoms with Crippen LogP contribution in [0.25, 0.3) is 23.1 Å². The van der Waals surface area contributed by atoms with Gasteiger partial charge in [0.2, 0.25) is 5.89 Å². The van der Waals surface area contributed by atoms with Crippen molar-refractivity contribution in [2.75, 3.05) is 0 Å². The number of halogens is 3. The maximum atomic E-state index is 12.3. The Hall–Kier alpha value is -2.57. The summed E-state index contributed by atoms with van der Waals surface area (Å²) in [5, 5.41) is 7.10. The van der Waals surface area contributed by atoms with Crippen molar-refractivity contribution in [1.82, 2.24) is 10.2 Å². The second kappa shape index (κ2) is 4.52. The van der Waals surface area contributed by atoms with Crippen LogP contribution in [-0.4, -0.2) is 10.2 Å². The first-order chi connectivity index (χ1) is 9.52. The molecular weight excluding hydrogens is 273 g/mol. The Balaban J connectivity index is 1.85. The van der Waals surface area contributed by atoms with E-state index in [-0.39, 0.29) is 5.89 Å². The van der Waals surface area contributed by atoms with Crippen LogP contribution < -0.4 is 0 Å². The van der Waals surface area contributed by atoms with Crippen molar-refractivity contribution in [3.05, 3.63) is 47.9 Å². The summed E-state index contributed by atoms with van der Waals surface area (Å²) >= 11 is 0. The van der Waals surface area contributed by atoms with E-state index in [1.165, 1.54) is 12.2 Å². The van der Waals surface area contributed by atoms with E-state index in [1.54, 1.807) is 12.1 Å². The fraction of sp³-hybridized carbons (Fsp3) is 0.0769. The van der Waals surface area contributed by atoms with Gasteiger partial charge in [0.1, 0.15) is 11.3 Å².